The Morgan fingerprint density at radius 3 is 2.39 bits per heavy atom. The van der Waals surface area contributed by atoms with Crippen LogP contribution in [-0.2, 0) is 26.3 Å². The van der Waals surface area contributed by atoms with Crippen LogP contribution in [0.4, 0.5) is 0 Å². The SMILES string of the molecule is Cc1c(C#N)cccc1S(=O)(=O)c1ccc(C(C)C)c(S(=O)(=O)NCCc2ccccn2)c1. The lowest BCUT2D eigenvalue weighted by Gasteiger charge is -2.16. The normalized spacial score (nSPS) is 12.0. The van der Waals surface area contributed by atoms with Crippen LogP contribution in [0.5, 0.6) is 0 Å². The maximum atomic E-state index is 13.3. The van der Waals surface area contributed by atoms with Gasteiger partial charge in [0.1, 0.15) is 0 Å². The van der Waals surface area contributed by atoms with Gasteiger partial charge in [-0.25, -0.2) is 21.6 Å². The zero-order valence-corrected chi connectivity index (χ0v) is 20.2. The van der Waals surface area contributed by atoms with Crippen molar-refractivity contribution < 1.29 is 16.8 Å². The molecule has 3 rings (SSSR count). The topological polar surface area (TPSA) is 117 Å². The first kappa shape index (κ1) is 24.6. The third kappa shape index (κ3) is 5.30. The molecule has 1 N–H and O–H groups in total. The Labute approximate surface area is 195 Å². The van der Waals surface area contributed by atoms with E-state index < -0.39 is 19.9 Å². The van der Waals surface area contributed by atoms with E-state index in [0.29, 0.717) is 17.5 Å². The molecule has 0 atom stereocenters. The number of pyridine rings is 1. The van der Waals surface area contributed by atoms with Gasteiger partial charge in [-0.3, -0.25) is 4.98 Å². The van der Waals surface area contributed by atoms with Crippen molar-refractivity contribution in [2.75, 3.05) is 6.54 Å². The fourth-order valence-electron chi connectivity index (χ4n) is 3.48. The molecule has 0 aliphatic heterocycles. The molecule has 3 aromatic rings. The van der Waals surface area contributed by atoms with Gasteiger partial charge in [-0.15, -0.1) is 0 Å². The van der Waals surface area contributed by atoms with Gasteiger partial charge in [0.25, 0.3) is 0 Å². The number of rotatable bonds is 8. The van der Waals surface area contributed by atoms with E-state index in [1.807, 2.05) is 26.0 Å². The molecule has 0 unspecified atom stereocenters. The molecule has 1 aromatic heterocycles. The number of sulfone groups is 1. The minimum atomic E-state index is -4.04. The standard InChI is InChI=1S/C24H25N3O4S2/c1-17(2)22-11-10-21(32(28,29)23-9-6-7-19(16-25)18(23)3)15-24(22)33(30,31)27-14-12-20-8-4-5-13-26-20/h4-11,13,15,17,27H,12,14H2,1-3H3. The predicted molar refractivity (Wildman–Crippen MR) is 125 cm³/mol. The summed E-state index contributed by atoms with van der Waals surface area (Å²) in [5.74, 6) is -0.146. The molecule has 1 heterocycles. The molecule has 0 fully saturated rings. The lowest BCUT2D eigenvalue weighted by atomic mass is 10.0. The Hall–Kier alpha value is -3.06. The van der Waals surface area contributed by atoms with Crippen LogP contribution in [0.2, 0.25) is 0 Å². The summed E-state index contributed by atoms with van der Waals surface area (Å²) in [6.45, 7) is 5.37. The lowest BCUT2D eigenvalue weighted by molar-refractivity contribution is 0.578. The number of nitrogens with zero attached hydrogens (tertiary/aromatic N) is 2. The highest BCUT2D eigenvalue weighted by Crippen LogP contribution is 2.31. The molecule has 0 aliphatic rings. The maximum absolute atomic E-state index is 13.3. The number of aromatic nitrogens is 1. The highest BCUT2D eigenvalue weighted by molar-refractivity contribution is 7.91. The molecule has 9 heteroatoms. The van der Waals surface area contributed by atoms with E-state index >= 15 is 0 Å². The summed E-state index contributed by atoms with van der Waals surface area (Å²) >= 11 is 0. The van der Waals surface area contributed by atoms with Gasteiger partial charge >= 0.3 is 0 Å². The fourth-order valence-corrected chi connectivity index (χ4v) is 6.52. The Morgan fingerprint density at radius 2 is 1.76 bits per heavy atom. The monoisotopic (exact) mass is 483 g/mol. The quantitative estimate of drug-likeness (QED) is 0.522. The Bertz CT molecular complexity index is 1410. The van der Waals surface area contributed by atoms with Gasteiger partial charge in [0.15, 0.2) is 0 Å². The predicted octanol–water partition coefficient (Wildman–Crippen LogP) is 3.74. The average Bonchev–Trinajstić information content (AvgIpc) is 2.79. The summed E-state index contributed by atoms with van der Waals surface area (Å²) in [4.78, 5) is 3.94. The number of hydrogen-bond donors (Lipinski definition) is 1. The zero-order valence-electron chi connectivity index (χ0n) is 18.6. The third-order valence-corrected chi connectivity index (χ3v) is 8.71. The van der Waals surface area contributed by atoms with Crippen molar-refractivity contribution in [1.29, 1.82) is 5.26 Å². The summed E-state index contributed by atoms with van der Waals surface area (Å²) in [6.07, 6.45) is 2.04. The van der Waals surface area contributed by atoms with Gasteiger partial charge in [0.05, 0.1) is 26.3 Å². The van der Waals surface area contributed by atoms with Gasteiger partial charge in [-0.1, -0.05) is 32.0 Å². The van der Waals surface area contributed by atoms with Gasteiger partial charge in [-0.05, 0) is 60.4 Å². The minimum absolute atomic E-state index is 0.0229. The molecular weight excluding hydrogens is 458 g/mol. The third-order valence-electron chi connectivity index (χ3n) is 5.30. The van der Waals surface area contributed by atoms with E-state index in [4.69, 9.17) is 0 Å². The molecule has 0 saturated heterocycles. The molecule has 0 aliphatic carbocycles. The van der Waals surface area contributed by atoms with E-state index in [0.717, 1.165) is 5.69 Å². The van der Waals surface area contributed by atoms with E-state index in [1.165, 1.54) is 36.4 Å². The van der Waals surface area contributed by atoms with Crippen LogP contribution in [0.25, 0.3) is 0 Å². The van der Waals surface area contributed by atoms with E-state index in [1.54, 1.807) is 25.3 Å². The highest BCUT2D eigenvalue weighted by atomic mass is 32.2. The Morgan fingerprint density at radius 1 is 1.00 bits per heavy atom. The molecule has 33 heavy (non-hydrogen) atoms. The summed E-state index contributed by atoms with van der Waals surface area (Å²) in [5, 5.41) is 9.26. The molecule has 0 radical (unpaired) electrons. The fraction of sp³-hybridized carbons (Fsp3) is 0.250. The molecular formula is C24H25N3O4S2. The van der Waals surface area contributed by atoms with Gasteiger partial charge in [0.2, 0.25) is 19.9 Å². The van der Waals surface area contributed by atoms with Gasteiger partial charge in [-0.2, -0.15) is 5.26 Å². The van der Waals surface area contributed by atoms with Crippen LogP contribution in [0.1, 0.15) is 42.1 Å². The van der Waals surface area contributed by atoms with Crippen molar-refractivity contribution in [3.63, 3.8) is 0 Å². The van der Waals surface area contributed by atoms with Crippen LogP contribution >= 0.6 is 0 Å². The number of benzene rings is 2. The summed E-state index contributed by atoms with van der Waals surface area (Å²) in [7, 11) is -8.03. The second-order valence-corrected chi connectivity index (χ2v) is 11.5. The Balaban J connectivity index is 2.01. The van der Waals surface area contributed by atoms with Crippen molar-refractivity contribution >= 4 is 19.9 Å². The smallest absolute Gasteiger partial charge is 0.240 e. The van der Waals surface area contributed by atoms with Crippen LogP contribution in [0, 0.1) is 18.3 Å². The van der Waals surface area contributed by atoms with E-state index in [2.05, 4.69) is 9.71 Å². The first-order valence-electron chi connectivity index (χ1n) is 10.4. The highest BCUT2D eigenvalue weighted by Gasteiger charge is 2.26. The van der Waals surface area contributed by atoms with Crippen molar-refractivity contribution in [1.82, 2.24) is 9.71 Å². The molecule has 0 saturated carbocycles. The zero-order chi connectivity index (χ0) is 24.2. The second kappa shape index (κ2) is 9.83. The largest absolute Gasteiger partial charge is 0.261 e. The summed E-state index contributed by atoms with van der Waals surface area (Å²) < 4.78 is 55.6. The first-order chi connectivity index (χ1) is 15.6. The molecule has 172 valence electrons. The Kier molecular flexibility index (Phi) is 7.32. The second-order valence-electron chi connectivity index (χ2n) is 7.87. The first-order valence-corrected chi connectivity index (χ1v) is 13.3. The van der Waals surface area contributed by atoms with Crippen molar-refractivity contribution in [2.45, 2.75) is 47.8 Å². The summed E-state index contributed by atoms with van der Waals surface area (Å²) in [6, 6.07) is 16.0. The minimum Gasteiger partial charge on any atom is -0.261 e. The van der Waals surface area contributed by atoms with Crippen LogP contribution in [0.15, 0.2) is 75.5 Å². The van der Waals surface area contributed by atoms with Gasteiger partial charge in [0, 0.05) is 24.9 Å². The number of hydrogen-bond acceptors (Lipinski definition) is 6. The number of sulfonamides is 1. The molecule has 2 aromatic carbocycles. The van der Waals surface area contributed by atoms with Crippen molar-refractivity contribution in [2.24, 2.45) is 0 Å². The maximum Gasteiger partial charge on any atom is 0.240 e. The van der Waals surface area contributed by atoms with E-state index in [-0.39, 0.29) is 32.7 Å². The molecule has 0 amide bonds. The summed E-state index contributed by atoms with van der Waals surface area (Å²) in [5.41, 5.74) is 1.83. The van der Waals surface area contributed by atoms with Crippen molar-refractivity contribution in [3.05, 3.63) is 83.2 Å². The van der Waals surface area contributed by atoms with Crippen LogP contribution in [-0.4, -0.2) is 28.4 Å². The molecule has 7 nitrogen and oxygen atoms in total. The van der Waals surface area contributed by atoms with Crippen LogP contribution < -0.4 is 4.72 Å². The van der Waals surface area contributed by atoms with E-state index in [9.17, 15) is 22.1 Å². The number of nitriles is 1. The lowest BCUT2D eigenvalue weighted by Crippen LogP contribution is -2.27. The average molecular weight is 484 g/mol. The van der Waals surface area contributed by atoms with Crippen LogP contribution in [0.3, 0.4) is 0 Å². The van der Waals surface area contributed by atoms with Gasteiger partial charge < -0.3 is 0 Å². The van der Waals surface area contributed by atoms with Crippen molar-refractivity contribution in [3.8, 4) is 6.07 Å². The number of nitrogens with one attached hydrogen (secondary N) is 1. The molecule has 0 spiro atoms. The molecule has 0 bridgehead atoms.